The largest absolute Gasteiger partial charge is 0.497 e. The van der Waals surface area contributed by atoms with Crippen LogP contribution in [0.5, 0.6) is 11.5 Å². The highest BCUT2D eigenvalue weighted by Crippen LogP contribution is 2.33. The normalized spacial score (nSPS) is 20.3. The van der Waals surface area contributed by atoms with Gasteiger partial charge in [-0.15, -0.1) is 11.3 Å². The maximum atomic E-state index is 13.0. The molecule has 9 nitrogen and oxygen atoms in total. The van der Waals surface area contributed by atoms with Crippen molar-refractivity contribution in [3.63, 3.8) is 0 Å². The topological polar surface area (TPSA) is 93.0 Å². The number of ether oxygens (including phenoxy) is 2. The molecule has 2 atom stereocenters. The lowest BCUT2D eigenvalue weighted by Crippen LogP contribution is -2.47. The number of carbonyl (C=O) groups is 1. The van der Waals surface area contributed by atoms with Gasteiger partial charge in [0.25, 0.3) is 5.91 Å². The van der Waals surface area contributed by atoms with Crippen LogP contribution in [0.2, 0.25) is 0 Å². The van der Waals surface area contributed by atoms with Crippen molar-refractivity contribution in [1.29, 1.82) is 0 Å². The molecule has 31 heavy (non-hydrogen) atoms. The average Bonchev–Trinajstić information content (AvgIpc) is 3.55. The minimum atomic E-state index is -0.262. The summed E-state index contributed by atoms with van der Waals surface area (Å²) < 4.78 is 16.0. The number of carbonyl (C=O) groups excluding carboxylic acids is 1. The van der Waals surface area contributed by atoms with Crippen LogP contribution < -0.4 is 14.9 Å². The van der Waals surface area contributed by atoms with Crippen molar-refractivity contribution in [2.75, 3.05) is 14.2 Å². The summed E-state index contributed by atoms with van der Waals surface area (Å²) in [5.74, 6) is 2.01. The number of hydrogen-bond donors (Lipinski definition) is 1. The molecule has 0 radical (unpaired) electrons. The summed E-state index contributed by atoms with van der Waals surface area (Å²) >= 11 is 1.69. The van der Waals surface area contributed by atoms with Crippen molar-refractivity contribution in [3.8, 4) is 22.9 Å². The zero-order valence-corrected chi connectivity index (χ0v) is 17.8. The van der Waals surface area contributed by atoms with E-state index in [-0.39, 0.29) is 24.5 Å². The first kappa shape index (κ1) is 19.6. The van der Waals surface area contributed by atoms with Gasteiger partial charge in [0, 0.05) is 35.3 Å². The van der Waals surface area contributed by atoms with Crippen molar-refractivity contribution in [3.05, 3.63) is 58.9 Å². The molecule has 3 aromatic rings. The van der Waals surface area contributed by atoms with E-state index in [1.807, 2.05) is 22.7 Å². The standard InChI is InChI=1S/C21H21N5O4S/c1-28-14-8-13(9-15(10-14)29-2)20-22-19(30-24-20)12-25-5-6-26-17(21(25)27)11-16(23-26)18-4-3-7-31-18/h3-10,16-17,23H,11-12H2,1-2H3. The van der Waals surface area contributed by atoms with Crippen LogP contribution in [0, 0.1) is 0 Å². The highest BCUT2D eigenvalue weighted by molar-refractivity contribution is 7.10. The Balaban J connectivity index is 1.30. The third kappa shape index (κ3) is 3.75. The van der Waals surface area contributed by atoms with E-state index in [4.69, 9.17) is 14.0 Å². The van der Waals surface area contributed by atoms with Gasteiger partial charge in [0.1, 0.15) is 24.1 Å². The number of hydrazine groups is 1. The second-order valence-corrected chi connectivity index (χ2v) is 8.21. The lowest BCUT2D eigenvalue weighted by molar-refractivity contribution is -0.135. The molecule has 1 aromatic carbocycles. The van der Waals surface area contributed by atoms with Gasteiger partial charge in [-0.1, -0.05) is 11.2 Å². The van der Waals surface area contributed by atoms with E-state index >= 15 is 0 Å². The third-order valence-corrected chi connectivity index (χ3v) is 6.33. The molecular weight excluding hydrogens is 418 g/mol. The zero-order chi connectivity index (χ0) is 21.4. The molecule has 160 valence electrons. The van der Waals surface area contributed by atoms with E-state index in [2.05, 4.69) is 21.6 Å². The molecule has 1 amide bonds. The first-order valence-corrected chi connectivity index (χ1v) is 10.7. The van der Waals surface area contributed by atoms with Crippen molar-refractivity contribution < 1.29 is 18.8 Å². The van der Waals surface area contributed by atoms with E-state index < -0.39 is 0 Å². The number of methoxy groups -OCH3 is 2. The summed E-state index contributed by atoms with van der Waals surface area (Å²) in [6.45, 7) is 0.206. The third-order valence-electron chi connectivity index (χ3n) is 5.34. The number of thiophene rings is 1. The van der Waals surface area contributed by atoms with Crippen LogP contribution in [-0.4, -0.2) is 46.2 Å². The molecule has 0 saturated carbocycles. The second kappa shape index (κ2) is 8.05. The quantitative estimate of drug-likeness (QED) is 0.627. The van der Waals surface area contributed by atoms with Gasteiger partial charge in [0.2, 0.25) is 11.7 Å². The number of nitrogens with one attached hydrogen (secondary N) is 1. The molecule has 2 aliphatic rings. The summed E-state index contributed by atoms with van der Waals surface area (Å²) in [7, 11) is 3.16. The molecule has 2 aliphatic heterocycles. The Kier molecular flexibility index (Phi) is 5.08. The summed E-state index contributed by atoms with van der Waals surface area (Å²) in [5.41, 5.74) is 4.10. The van der Waals surface area contributed by atoms with Crippen LogP contribution in [0.15, 0.2) is 52.6 Å². The van der Waals surface area contributed by atoms with Crippen molar-refractivity contribution in [2.45, 2.75) is 25.0 Å². The maximum absolute atomic E-state index is 13.0. The predicted molar refractivity (Wildman–Crippen MR) is 113 cm³/mol. The fraction of sp³-hybridized carbons (Fsp3) is 0.286. The van der Waals surface area contributed by atoms with E-state index in [9.17, 15) is 4.79 Å². The van der Waals surface area contributed by atoms with Gasteiger partial charge < -0.3 is 23.9 Å². The number of hydrogen-bond acceptors (Lipinski definition) is 9. The van der Waals surface area contributed by atoms with Gasteiger partial charge >= 0.3 is 0 Å². The minimum Gasteiger partial charge on any atom is -0.497 e. The Hall–Kier alpha value is -3.37. The number of rotatable bonds is 6. The molecule has 1 fully saturated rings. The molecular formula is C21H21N5O4S. The zero-order valence-electron chi connectivity index (χ0n) is 17.0. The molecule has 4 heterocycles. The summed E-state index contributed by atoms with van der Waals surface area (Å²) in [4.78, 5) is 20.3. The van der Waals surface area contributed by atoms with Crippen LogP contribution >= 0.6 is 11.3 Å². The van der Waals surface area contributed by atoms with E-state index in [0.29, 0.717) is 35.2 Å². The number of amides is 1. The Morgan fingerprint density at radius 3 is 2.74 bits per heavy atom. The first-order chi connectivity index (χ1) is 15.1. The SMILES string of the molecule is COc1cc(OC)cc(-c2noc(CN3C=CN4NC(c5cccs5)CC4C3=O)n2)c1. The van der Waals surface area contributed by atoms with Gasteiger partial charge in [-0.05, 0) is 23.6 Å². The second-order valence-electron chi connectivity index (χ2n) is 7.23. The van der Waals surface area contributed by atoms with Gasteiger partial charge in [0.15, 0.2) is 0 Å². The molecule has 1 saturated heterocycles. The van der Waals surface area contributed by atoms with Crippen LogP contribution in [0.25, 0.3) is 11.4 Å². The highest BCUT2D eigenvalue weighted by atomic mass is 32.1. The summed E-state index contributed by atoms with van der Waals surface area (Å²) in [6.07, 6.45) is 4.32. The molecule has 1 N–H and O–H groups in total. The van der Waals surface area contributed by atoms with E-state index in [1.54, 1.807) is 54.9 Å². The molecule has 0 aliphatic carbocycles. The molecule has 5 rings (SSSR count). The van der Waals surface area contributed by atoms with Crippen LogP contribution in [-0.2, 0) is 11.3 Å². The predicted octanol–water partition coefficient (Wildman–Crippen LogP) is 2.95. The van der Waals surface area contributed by atoms with Crippen LogP contribution in [0.4, 0.5) is 0 Å². The highest BCUT2D eigenvalue weighted by Gasteiger charge is 2.40. The smallest absolute Gasteiger partial charge is 0.251 e. The molecule has 10 heteroatoms. The Labute approximate surface area is 182 Å². The fourth-order valence-electron chi connectivity index (χ4n) is 3.76. The summed E-state index contributed by atoms with van der Waals surface area (Å²) in [5, 5.41) is 7.98. The monoisotopic (exact) mass is 439 g/mol. The maximum Gasteiger partial charge on any atom is 0.251 e. The molecule has 0 spiro atoms. The lowest BCUT2D eigenvalue weighted by Gasteiger charge is -2.30. The van der Waals surface area contributed by atoms with Gasteiger partial charge in [-0.3, -0.25) is 4.79 Å². The molecule has 0 bridgehead atoms. The van der Waals surface area contributed by atoms with Crippen LogP contribution in [0.3, 0.4) is 0 Å². The van der Waals surface area contributed by atoms with E-state index in [0.717, 1.165) is 0 Å². The Morgan fingerprint density at radius 2 is 2.03 bits per heavy atom. The Bertz CT molecular complexity index is 1090. The summed E-state index contributed by atoms with van der Waals surface area (Å²) in [6, 6.07) is 9.35. The van der Waals surface area contributed by atoms with Gasteiger partial charge in [0.05, 0.1) is 20.3 Å². The van der Waals surface area contributed by atoms with Gasteiger partial charge in [-0.25, -0.2) is 5.43 Å². The van der Waals surface area contributed by atoms with E-state index in [1.165, 1.54) is 4.88 Å². The van der Waals surface area contributed by atoms with Crippen molar-refractivity contribution >= 4 is 17.2 Å². The average molecular weight is 439 g/mol. The Morgan fingerprint density at radius 1 is 1.23 bits per heavy atom. The van der Waals surface area contributed by atoms with Crippen LogP contribution in [0.1, 0.15) is 23.2 Å². The van der Waals surface area contributed by atoms with Gasteiger partial charge in [-0.2, -0.15) is 4.98 Å². The number of benzene rings is 1. The first-order valence-electron chi connectivity index (χ1n) is 9.77. The molecule has 2 aromatic heterocycles. The number of aromatic nitrogens is 2. The lowest BCUT2D eigenvalue weighted by atomic mass is 10.1. The molecule has 2 unspecified atom stereocenters. The van der Waals surface area contributed by atoms with Crippen molar-refractivity contribution in [1.82, 2.24) is 25.5 Å². The number of nitrogens with zero attached hydrogens (tertiary/aromatic N) is 4. The minimum absolute atomic E-state index is 0.00291. The fourth-order valence-corrected chi connectivity index (χ4v) is 4.55. The van der Waals surface area contributed by atoms with Crippen molar-refractivity contribution in [2.24, 2.45) is 0 Å². The number of fused-ring (bicyclic) bond motifs is 1.